The second-order valence-corrected chi connectivity index (χ2v) is 3.99. The highest BCUT2D eigenvalue weighted by molar-refractivity contribution is 5.65. The highest BCUT2D eigenvalue weighted by Crippen LogP contribution is 2.14. The number of esters is 1. The molecule has 0 fully saturated rings. The molecule has 0 unspecified atom stereocenters. The van der Waals surface area contributed by atoms with Crippen molar-refractivity contribution in [1.29, 1.82) is 0 Å². The Morgan fingerprint density at radius 1 is 1.18 bits per heavy atom. The lowest BCUT2D eigenvalue weighted by atomic mass is 10.0. The van der Waals surface area contributed by atoms with Gasteiger partial charge in [0.2, 0.25) is 0 Å². The summed E-state index contributed by atoms with van der Waals surface area (Å²) in [5.74, 6) is 0.348. The number of ether oxygens (including phenoxy) is 1. The summed E-state index contributed by atoms with van der Waals surface area (Å²) in [4.78, 5) is 10.6. The Kier molecular flexibility index (Phi) is 8.12. The lowest BCUT2D eigenvalue weighted by Gasteiger charge is -2.06. The molecule has 0 aliphatic heterocycles. The van der Waals surface area contributed by atoms with Gasteiger partial charge in [-0.3, -0.25) is 4.79 Å². The standard InChI is InChI=1S/C13H18O2.C2H6/c1-10(2)13-6-4-12(5-7-13)8-9-15-11(3)14;1-2/h4-7,10H,8-9H2,1-3H3;1-2H3. The molecule has 0 aliphatic rings. The molecule has 0 saturated heterocycles. The number of hydrogen-bond acceptors (Lipinski definition) is 2. The molecule has 96 valence electrons. The summed E-state index contributed by atoms with van der Waals surface area (Å²) in [7, 11) is 0. The van der Waals surface area contributed by atoms with E-state index in [1.807, 2.05) is 13.8 Å². The lowest BCUT2D eigenvalue weighted by Crippen LogP contribution is -2.03. The lowest BCUT2D eigenvalue weighted by molar-refractivity contribution is -0.140. The van der Waals surface area contributed by atoms with Crippen LogP contribution in [0.2, 0.25) is 0 Å². The molecule has 1 rings (SSSR count). The smallest absolute Gasteiger partial charge is 0.302 e. The van der Waals surface area contributed by atoms with Crippen LogP contribution in [-0.2, 0) is 16.0 Å². The molecule has 0 bridgehead atoms. The Bertz CT molecular complexity index is 312. The van der Waals surface area contributed by atoms with Gasteiger partial charge in [-0.15, -0.1) is 0 Å². The molecule has 2 heteroatoms. The maximum absolute atomic E-state index is 10.6. The minimum absolute atomic E-state index is 0.214. The largest absolute Gasteiger partial charge is 0.466 e. The maximum Gasteiger partial charge on any atom is 0.302 e. The van der Waals surface area contributed by atoms with Crippen LogP contribution in [0.25, 0.3) is 0 Å². The number of benzene rings is 1. The van der Waals surface area contributed by atoms with Crippen LogP contribution in [0.1, 0.15) is 51.7 Å². The SMILES string of the molecule is CC.CC(=O)OCCc1ccc(C(C)C)cc1. The normalized spacial score (nSPS) is 9.53. The van der Waals surface area contributed by atoms with Crippen molar-refractivity contribution in [1.82, 2.24) is 0 Å². The molecule has 0 radical (unpaired) electrons. The highest BCUT2D eigenvalue weighted by Gasteiger charge is 1.99. The monoisotopic (exact) mass is 236 g/mol. The van der Waals surface area contributed by atoms with E-state index in [1.165, 1.54) is 18.1 Å². The van der Waals surface area contributed by atoms with E-state index >= 15 is 0 Å². The summed E-state index contributed by atoms with van der Waals surface area (Å²) in [6, 6.07) is 8.46. The molecule has 0 amide bonds. The van der Waals surface area contributed by atoms with E-state index in [4.69, 9.17) is 4.74 Å². The van der Waals surface area contributed by atoms with Gasteiger partial charge in [-0.05, 0) is 17.0 Å². The topological polar surface area (TPSA) is 26.3 Å². The third-order valence-electron chi connectivity index (χ3n) is 2.34. The molecule has 0 aliphatic carbocycles. The van der Waals surface area contributed by atoms with E-state index in [2.05, 4.69) is 38.1 Å². The average molecular weight is 236 g/mol. The highest BCUT2D eigenvalue weighted by atomic mass is 16.5. The number of carbonyl (C=O) groups is 1. The van der Waals surface area contributed by atoms with E-state index in [-0.39, 0.29) is 5.97 Å². The maximum atomic E-state index is 10.6. The molecule has 0 spiro atoms. The van der Waals surface area contributed by atoms with Crippen molar-refractivity contribution in [3.05, 3.63) is 35.4 Å². The molecular formula is C15H24O2. The van der Waals surface area contributed by atoms with Crippen LogP contribution in [0, 0.1) is 0 Å². The van der Waals surface area contributed by atoms with Crippen molar-refractivity contribution in [2.24, 2.45) is 0 Å². The zero-order chi connectivity index (χ0) is 13.3. The zero-order valence-electron chi connectivity index (χ0n) is 11.6. The van der Waals surface area contributed by atoms with Gasteiger partial charge in [0.25, 0.3) is 0 Å². The molecular weight excluding hydrogens is 212 g/mol. The molecule has 0 atom stereocenters. The van der Waals surface area contributed by atoms with Gasteiger partial charge in [0.05, 0.1) is 6.61 Å². The first-order valence-electron chi connectivity index (χ1n) is 6.32. The van der Waals surface area contributed by atoms with E-state index in [9.17, 15) is 4.79 Å². The van der Waals surface area contributed by atoms with Crippen LogP contribution >= 0.6 is 0 Å². The molecule has 0 heterocycles. The summed E-state index contributed by atoms with van der Waals surface area (Å²) >= 11 is 0. The molecule has 1 aromatic rings. The number of carbonyl (C=O) groups excluding carboxylic acids is 1. The first kappa shape index (κ1) is 15.7. The van der Waals surface area contributed by atoms with E-state index in [0.29, 0.717) is 12.5 Å². The van der Waals surface area contributed by atoms with Gasteiger partial charge in [0.15, 0.2) is 0 Å². The first-order chi connectivity index (χ1) is 8.09. The van der Waals surface area contributed by atoms with Gasteiger partial charge >= 0.3 is 5.97 Å². The van der Waals surface area contributed by atoms with Gasteiger partial charge in [0.1, 0.15) is 0 Å². The zero-order valence-corrected chi connectivity index (χ0v) is 11.6. The number of hydrogen-bond donors (Lipinski definition) is 0. The molecule has 0 N–H and O–H groups in total. The van der Waals surface area contributed by atoms with Crippen molar-refractivity contribution < 1.29 is 9.53 Å². The van der Waals surface area contributed by atoms with Crippen LogP contribution in [-0.4, -0.2) is 12.6 Å². The van der Waals surface area contributed by atoms with Crippen LogP contribution in [0.4, 0.5) is 0 Å². The minimum atomic E-state index is -0.214. The van der Waals surface area contributed by atoms with Gasteiger partial charge < -0.3 is 4.74 Å². The Balaban J connectivity index is 0.00000121. The molecule has 1 aromatic carbocycles. The Morgan fingerprint density at radius 3 is 2.12 bits per heavy atom. The third-order valence-corrected chi connectivity index (χ3v) is 2.34. The van der Waals surface area contributed by atoms with Crippen LogP contribution < -0.4 is 0 Å². The van der Waals surface area contributed by atoms with E-state index in [0.717, 1.165) is 6.42 Å². The van der Waals surface area contributed by atoms with Gasteiger partial charge in [-0.1, -0.05) is 52.0 Å². The molecule has 2 nitrogen and oxygen atoms in total. The fourth-order valence-corrected chi connectivity index (χ4v) is 1.38. The summed E-state index contributed by atoms with van der Waals surface area (Å²) in [5, 5.41) is 0. The second-order valence-electron chi connectivity index (χ2n) is 3.99. The van der Waals surface area contributed by atoms with Crippen molar-refractivity contribution in [2.75, 3.05) is 6.61 Å². The predicted molar refractivity (Wildman–Crippen MR) is 72.2 cm³/mol. The second kappa shape index (κ2) is 8.80. The Hall–Kier alpha value is -1.31. The Morgan fingerprint density at radius 2 is 1.71 bits per heavy atom. The first-order valence-corrected chi connectivity index (χ1v) is 6.32. The molecule has 17 heavy (non-hydrogen) atoms. The third kappa shape index (κ3) is 6.77. The fourth-order valence-electron chi connectivity index (χ4n) is 1.38. The fraction of sp³-hybridized carbons (Fsp3) is 0.533. The molecule has 0 aromatic heterocycles. The van der Waals surface area contributed by atoms with Crippen molar-refractivity contribution in [2.45, 2.75) is 47.0 Å². The summed E-state index contributed by atoms with van der Waals surface area (Å²) < 4.78 is 4.88. The van der Waals surface area contributed by atoms with Gasteiger partial charge in [0, 0.05) is 13.3 Å². The van der Waals surface area contributed by atoms with E-state index < -0.39 is 0 Å². The van der Waals surface area contributed by atoms with Gasteiger partial charge in [-0.2, -0.15) is 0 Å². The van der Waals surface area contributed by atoms with Crippen LogP contribution in [0.5, 0.6) is 0 Å². The predicted octanol–water partition coefficient (Wildman–Crippen LogP) is 3.94. The number of rotatable bonds is 4. The van der Waals surface area contributed by atoms with E-state index in [1.54, 1.807) is 0 Å². The Labute approximate surface area is 105 Å². The minimum Gasteiger partial charge on any atom is -0.466 e. The van der Waals surface area contributed by atoms with Crippen LogP contribution in [0.3, 0.4) is 0 Å². The summed E-state index contributed by atoms with van der Waals surface area (Å²) in [6.45, 7) is 10.2. The van der Waals surface area contributed by atoms with Crippen molar-refractivity contribution in [3.63, 3.8) is 0 Å². The summed E-state index contributed by atoms with van der Waals surface area (Å²) in [6.07, 6.45) is 0.790. The van der Waals surface area contributed by atoms with Crippen LogP contribution in [0.15, 0.2) is 24.3 Å². The molecule has 0 saturated carbocycles. The van der Waals surface area contributed by atoms with Gasteiger partial charge in [-0.25, -0.2) is 0 Å². The summed E-state index contributed by atoms with van der Waals surface area (Å²) in [5.41, 5.74) is 2.55. The van der Waals surface area contributed by atoms with Crippen molar-refractivity contribution in [3.8, 4) is 0 Å². The average Bonchev–Trinajstić information content (AvgIpc) is 2.32. The quantitative estimate of drug-likeness (QED) is 0.740. The van der Waals surface area contributed by atoms with Crippen molar-refractivity contribution >= 4 is 5.97 Å².